The highest BCUT2D eigenvalue weighted by Gasteiger charge is 2.46. The molecule has 2 fully saturated rings. The third-order valence-corrected chi connectivity index (χ3v) is 4.96. The summed E-state index contributed by atoms with van der Waals surface area (Å²) >= 11 is 0. The van der Waals surface area contributed by atoms with Crippen molar-refractivity contribution in [3.63, 3.8) is 0 Å². The first-order valence-electron chi connectivity index (χ1n) is 7.97. The average Bonchev–Trinajstić information content (AvgIpc) is 2.83. The lowest BCUT2D eigenvalue weighted by molar-refractivity contribution is -0.920. The molecule has 23 heavy (non-hydrogen) atoms. The van der Waals surface area contributed by atoms with E-state index in [0.29, 0.717) is 31.6 Å². The van der Waals surface area contributed by atoms with E-state index in [9.17, 15) is 19.5 Å². The number of piperidine rings is 1. The quantitative estimate of drug-likeness (QED) is 0.701. The minimum absolute atomic E-state index is 0.175. The van der Waals surface area contributed by atoms with Crippen LogP contribution >= 0.6 is 0 Å². The molecule has 0 radical (unpaired) electrons. The number of carbonyl (C=O) groups excluding carboxylic acids is 3. The molecule has 6 nitrogen and oxygen atoms in total. The molecule has 2 aliphatic rings. The Hall–Kier alpha value is -2.21. The van der Waals surface area contributed by atoms with Crippen molar-refractivity contribution in [2.45, 2.75) is 32.2 Å². The Morgan fingerprint density at radius 3 is 2.48 bits per heavy atom. The Bertz CT molecular complexity index is 650. The number of hydrogen-bond donors (Lipinski definition) is 1. The van der Waals surface area contributed by atoms with Crippen LogP contribution in [0.25, 0.3) is 0 Å². The first kappa shape index (κ1) is 15.7. The summed E-state index contributed by atoms with van der Waals surface area (Å²) in [5.74, 6) is -1.80. The zero-order valence-electron chi connectivity index (χ0n) is 13.1. The van der Waals surface area contributed by atoms with Gasteiger partial charge in [0.05, 0.1) is 25.2 Å². The molecule has 0 bridgehead atoms. The number of para-hydroxylation sites is 1. The summed E-state index contributed by atoms with van der Waals surface area (Å²) in [5.41, 5.74) is 1.54. The second-order valence-corrected chi connectivity index (χ2v) is 6.36. The summed E-state index contributed by atoms with van der Waals surface area (Å²) in [6, 6.07) is 6.95. The van der Waals surface area contributed by atoms with Crippen LogP contribution in [0.5, 0.6) is 0 Å². The summed E-state index contributed by atoms with van der Waals surface area (Å²) in [5, 5.41) is 10.9. The standard InChI is InChI=1S/C17H20N2O4/c1-11-4-2-3-5-13(11)19-15(20)10-14(16(19)21)18-8-6-12(7-9-18)17(22)23/h2-5,12,14H,6-10H2,1H3,(H,22,23)/t14-/m0/s1. The highest BCUT2D eigenvalue weighted by Crippen LogP contribution is 2.25. The summed E-state index contributed by atoms with van der Waals surface area (Å²) in [6.45, 7) is 3.05. The lowest BCUT2D eigenvalue weighted by atomic mass is 9.95. The van der Waals surface area contributed by atoms with E-state index in [1.165, 1.54) is 4.90 Å². The first-order valence-corrected chi connectivity index (χ1v) is 7.97. The number of amides is 2. The van der Waals surface area contributed by atoms with Gasteiger partial charge in [0.15, 0.2) is 6.04 Å². The number of aliphatic carboxylic acids is 1. The van der Waals surface area contributed by atoms with Gasteiger partial charge in [-0.3, -0.25) is 9.59 Å². The number of quaternary nitrogens is 1. The normalized spacial score (nSPS) is 28.2. The summed E-state index contributed by atoms with van der Waals surface area (Å²) in [6.07, 6.45) is 1.19. The van der Waals surface area contributed by atoms with Crippen molar-refractivity contribution >= 4 is 23.5 Å². The van der Waals surface area contributed by atoms with Crippen LogP contribution in [-0.2, 0) is 14.4 Å². The maximum atomic E-state index is 12.7. The van der Waals surface area contributed by atoms with Crippen LogP contribution < -0.4 is 14.9 Å². The van der Waals surface area contributed by atoms with E-state index in [2.05, 4.69) is 0 Å². The molecular formula is C17H20N2O4. The Balaban J connectivity index is 1.75. The van der Waals surface area contributed by atoms with Crippen molar-refractivity contribution in [2.75, 3.05) is 18.0 Å². The second-order valence-electron chi connectivity index (χ2n) is 6.36. The zero-order chi connectivity index (χ0) is 16.6. The van der Waals surface area contributed by atoms with Crippen molar-refractivity contribution in [3.8, 4) is 0 Å². The average molecular weight is 316 g/mol. The van der Waals surface area contributed by atoms with Gasteiger partial charge in [0, 0.05) is 24.7 Å². The minimum Gasteiger partial charge on any atom is -0.550 e. The summed E-state index contributed by atoms with van der Waals surface area (Å²) in [7, 11) is 0. The number of benzene rings is 1. The number of anilines is 1. The molecule has 0 unspecified atom stereocenters. The lowest BCUT2D eigenvalue weighted by Gasteiger charge is -2.32. The summed E-state index contributed by atoms with van der Waals surface area (Å²) < 4.78 is 0. The molecule has 1 aromatic rings. The number of carboxylic acid groups (broad SMARTS) is 1. The number of imide groups is 1. The molecular weight excluding hydrogens is 296 g/mol. The van der Waals surface area contributed by atoms with Gasteiger partial charge in [-0.25, -0.2) is 4.90 Å². The molecule has 2 saturated heterocycles. The number of carboxylic acids is 1. The van der Waals surface area contributed by atoms with E-state index >= 15 is 0 Å². The van der Waals surface area contributed by atoms with Gasteiger partial charge in [-0.05, 0) is 18.6 Å². The number of nitrogens with one attached hydrogen (secondary N) is 1. The molecule has 2 heterocycles. The third kappa shape index (κ3) is 2.86. The van der Waals surface area contributed by atoms with E-state index < -0.39 is 17.9 Å². The first-order chi connectivity index (χ1) is 11.0. The fourth-order valence-electron chi connectivity index (χ4n) is 3.59. The molecule has 0 spiro atoms. The van der Waals surface area contributed by atoms with Crippen LogP contribution in [0.2, 0.25) is 0 Å². The van der Waals surface area contributed by atoms with Gasteiger partial charge in [0.2, 0.25) is 5.91 Å². The topological polar surface area (TPSA) is 82.0 Å². The monoisotopic (exact) mass is 316 g/mol. The maximum Gasteiger partial charge on any atom is 0.292 e. The van der Waals surface area contributed by atoms with Crippen molar-refractivity contribution in [2.24, 2.45) is 5.92 Å². The zero-order valence-corrected chi connectivity index (χ0v) is 13.1. The molecule has 0 saturated carbocycles. The van der Waals surface area contributed by atoms with Gasteiger partial charge in [0.1, 0.15) is 0 Å². The molecule has 6 heteroatoms. The molecule has 2 amide bonds. The molecule has 1 aromatic carbocycles. The Kier molecular flexibility index (Phi) is 4.17. The minimum atomic E-state index is -1.01. The molecule has 3 rings (SSSR count). The van der Waals surface area contributed by atoms with Crippen LogP contribution in [0.1, 0.15) is 24.8 Å². The van der Waals surface area contributed by atoms with E-state index in [-0.39, 0.29) is 18.2 Å². The predicted octanol–water partition coefficient (Wildman–Crippen LogP) is -1.33. The molecule has 2 aliphatic heterocycles. The van der Waals surface area contributed by atoms with Gasteiger partial charge in [0.25, 0.3) is 5.91 Å². The lowest BCUT2D eigenvalue weighted by Crippen LogP contribution is -3.17. The van der Waals surface area contributed by atoms with Crippen molar-refractivity contribution in [3.05, 3.63) is 29.8 Å². The van der Waals surface area contributed by atoms with Crippen molar-refractivity contribution in [1.29, 1.82) is 0 Å². The van der Waals surface area contributed by atoms with E-state index in [4.69, 9.17) is 0 Å². The van der Waals surface area contributed by atoms with Gasteiger partial charge in [-0.15, -0.1) is 0 Å². The number of hydrogen-bond acceptors (Lipinski definition) is 4. The van der Waals surface area contributed by atoms with Crippen LogP contribution in [-0.4, -0.2) is 36.9 Å². The van der Waals surface area contributed by atoms with Gasteiger partial charge in [-0.1, -0.05) is 18.2 Å². The Morgan fingerprint density at radius 2 is 1.87 bits per heavy atom. The van der Waals surface area contributed by atoms with E-state index in [1.807, 2.05) is 25.1 Å². The van der Waals surface area contributed by atoms with Gasteiger partial charge in [-0.2, -0.15) is 0 Å². The van der Waals surface area contributed by atoms with Crippen LogP contribution in [0.4, 0.5) is 5.69 Å². The maximum absolute atomic E-state index is 12.7. The van der Waals surface area contributed by atoms with Crippen molar-refractivity contribution in [1.82, 2.24) is 0 Å². The van der Waals surface area contributed by atoms with Crippen LogP contribution in [0.15, 0.2) is 24.3 Å². The van der Waals surface area contributed by atoms with Gasteiger partial charge >= 0.3 is 0 Å². The Morgan fingerprint density at radius 1 is 1.22 bits per heavy atom. The number of nitrogens with zero attached hydrogens (tertiary/aromatic N) is 1. The van der Waals surface area contributed by atoms with Crippen molar-refractivity contribution < 1.29 is 24.4 Å². The molecule has 1 N–H and O–H groups in total. The van der Waals surface area contributed by atoms with Crippen LogP contribution in [0.3, 0.4) is 0 Å². The number of rotatable bonds is 3. The fraction of sp³-hybridized carbons (Fsp3) is 0.471. The third-order valence-electron chi connectivity index (χ3n) is 4.96. The van der Waals surface area contributed by atoms with Crippen LogP contribution in [0, 0.1) is 12.8 Å². The fourth-order valence-corrected chi connectivity index (χ4v) is 3.59. The van der Waals surface area contributed by atoms with E-state index in [0.717, 1.165) is 10.5 Å². The van der Waals surface area contributed by atoms with Gasteiger partial charge < -0.3 is 14.8 Å². The van der Waals surface area contributed by atoms with E-state index in [1.54, 1.807) is 6.07 Å². The largest absolute Gasteiger partial charge is 0.550 e. The molecule has 0 aromatic heterocycles. The molecule has 0 aliphatic carbocycles. The smallest absolute Gasteiger partial charge is 0.292 e. The Labute approximate surface area is 134 Å². The highest BCUT2D eigenvalue weighted by atomic mass is 16.4. The highest BCUT2D eigenvalue weighted by molar-refractivity contribution is 6.22. The molecule has 1 atom stereocenters. The summed E-state index contributed by atoms with van der Waals surface area (Å²) in [4.78, 5) is 38.3. The number of aryl methyl sites for hydroxylation is 1. The second kappa shape index (κ2) is 6.12. The SMILES string of the molecule is Cc1ccccc1N1C(=O)C[C@H]([NH+]2CCC(C(=O)[O-])CC2)C1=O. The predicted molar refractivity (Wildman–Crippen MR) is 80.5 cm³/mol. The number of likely N-dealkylation sites (tertiary alicyclic amines) is 1. The number of carbonyl (C=O) groups is 3. The molecule has 122 valence electrons.